The first-order chi connectivity index (χ1) is 23.4. The SMILES string of the molecule is COc1ccc(-c2nc3c(C(=O)N4CCN([C@@H](CO)c5cccc(N6CCN(C(=O)O)CC6)c5)C[C@H]4C)cnn3c(C(F)(F)F)c2C)cc1. The first kappa shape index (κ1) is 34.0. The molecule has 0 radical (unpaired) electrons. The molecule has 2 aromatic carbocycles. The number of ether oxygens (including phenoxy) is 1. The Morgan fingerprint density at radius 3 is 2.37 bits per heavy atom. The molecule has 2 aliphatic rings. The molecule has 0 spiro atoms. The summed E-state index contributed by atoms with van der Waals surface area (Å²) in [5.41, 5.74) is 1.02. The first-order valence-electron chi connectivity index (χ1n) is 16.0. The van der Waals surface area contributed by atoms with E-state index in [1.807, 2.05) is 31.2 Å². The van der Waals surface area contributed by atoms with Gasteiger partial charge in [-0.25, -0.2) is 14.3 Å². The molecule has 2 atom stereocenters. The minimum Gasteiger partial charge on any atom is -0.497 e. The summed E-state index contributed by atoms with van der Waals surface area (Å²) in [6.07, 6.45) is -4.55. The lowest BCUT2D eigenvalue weighted by Gasteiger charge is -2.43. The third-order valence-corrected chi connectivity index (χ3v) is 9.45. The average Bonchev–Trinajstić information content (AvgIpc) is 3.51. The van der Waals surface area contributed by atoms with Gasteiger partial charge in [-0.1, -0.05) is 12.1 Å². The van der Waals surface area contributed by atoms with E-state index in [0.717, 1.165) is 17.4 Å². The van der Waals surface area contributed by atoms with Crippen molar-refractivity contribution in [1.29, 1.82) is 0 Å². The van der Waals surface area contributed by atoms with E-state index < -0.39 is 23.9 Å². The molecular formula is C34H38F3N7O5. The molecule has 0 bridgehead atoms. The molecule has 12 nitrogen and oxygen atoms in total. The smallest absolute Gasteiger partial charge is 0.433 e. The molecule has 260 valence electrons. The number of aliphatic hydroxyl groups is 1. The summed E-state index contributed by atoms with van der Waals surface area (Å²) in [6, 6.07) is 13.6. The number of carbonyl (C=O) groups excluding carboxylic acids is 1. The van der Waals surface area contributed by atoms with E-state index in [1.54, 1.807) is 29.2 Å². The van der Waals surface area contributed by atoms with Gasteiger partial charge in [0.25, 0.3) is 5.91 Å². The summed E-state index contributed by atoms with van der Waals surface area (Å²) in [5, 5.41) is 23.8. The first-order valence-corrected chi connectivity index (χ1v) is 16.0. The van der Waals surface area contributed by atoms with Gasteiger partial charge >= 0.3 is 12.3 Å². The highest BCUT2D eigenvalue weighted by molar-refractivity contribution is 6.00. The molecule has 15 heteroatoms. The van der Waals surface area contributed by atoms with Crippen molar-refractivity contribution in [2.75, 3.05) is 64.4 Å². The van der Waals surface area contributed by atoms with Crippen molar-refractivity contribution >= 4 is 23.3 Å². The predicted octanol–water partition coefficient (Wildman–Crippen LogP) is 4.41. The highest BCUT2D eigenvalue weighted by atomic mass is 19.4. The molecule has 4 aromatic rings. The molecule has 0 aliphatic carbocycles. The number of amides is 2. The van der Waals surface area contributed by atoms with Gasteiger partial charge in [-0.05, 0) is 55.8 Å². The summed E-state index contributed by atoms with van der Waals surface area (Å²) in [7, 11) is 1.49. The Bertz CT molecular complexity index is 1840. The maximum atomic E-state index is 14.4. The van der Waals surface area contributed by atoms with Crippen LogP contribution in [0.2, 0.25) is 0 Å². The molecule has 2 fully saturated rings. The van der Waals surface area contributed by atoms with Gasteiger partial charge in [0, 0.05) is 68.7 Å². The van der Waals surface area contributed by atoms with Crippen molar-refractivity contribution in [3.63, 3.8) is 0 Å². The van der Waals surface area contributed by atoms with Gasteiger partial charge in [0.1, 0.15) is 11.3 Å². The molecule has 2 aliphatic heterocycles. The largest absolute Gasteiger partial charge is 0.497 e. The van der Waals surface area contributed by atoms with Crippen molar-refractivity contribution in [3.05, 3.63) is 77.1 Å². The van der Waals surface area contributed by atoms with Crippen molar-refractivity contribution < 1.29 is 37.7 Å². The van der Waals surface area contributed by atoms with E-state index in [4.69, 9.17) is 4.74 Å². The highest BCUT2D eigenvalue weighted by Crippen LogP contribution is 2.37. The monoisotopic (exact) mass is 681 g/mol. The lowest BCUT2D eigenvalue weighted by molar-refractivity contribution is -0.143. The fraction of sp³-hybridized carbons (Fsp3) is 0.412. The Morgan fingerprint density at radius 1 is 1.04 bits per heavy atom. The third kappa shape index (κ3) is 6.59. The summed E-state index contributed by atoms with van der Waals surface area (Å²) < 4.78 is 49.2. The molecule has 4 heterocycles. The number of benzene rings is 2. The number of hydrogen-bond acceptors (Lipinski definition) is 8. The number of methoxy groups -OCH3 is 1. The number of alkyl halides is 3. The van der Waals surface area contributed by atoms with Crippen molar-refractivity contribution in [1.82, 2.24) is 29.3 Å². The van der Waals surface area contributed by atoms with Gasteiger partial charge in [0.2, 0.25) is 0 Å². The lowest BCUT2D eigenvalue weighted by atomic mass is 10.0. The third-order valence-electron chi connectivity index (χ3n) is 9.45. The van der Waals surface area contributed by atoms with Crippen molar-refractivity contribution in [2.24, 2.45) is 0 Å². The number of carbonyl (C=O) groups is 2. The molecule has 2 saturated heterocycles. The topological polar surface area (TPSA) is 127 Å². The average molecular weight is 682 g/mol. The Kier molecular flexibility index (Phi) is 9.40. The van der Waals surface area contributed by atoms with Crippen molar-refractivity contribution in [2.45, 2.75) is 32.1 Å². The van der Waals surface area contributed by atoms with Crippen LogP contribution < -0.4 is 9.64 Å². The molecule has 49 heavy (non-hydrogen) atoms. The van der Waals surface area contributed by atoms with Crippen LogP contribution in [0.3, 0.4) is 0 Å². The summed E-state index contributed by atoms with van der Waals surface area (Å²) >= 11 is 0. The lowest BCUT2D eigenvalue weighted by Crippen LogP contribution is -2.55. The second-order valence-electron chi connectivity index (χ2n) is 12.3. The Labute approximate surface area is 280 Å². The number of hydrogen-bond donors (Lipinski definition) is 2. The van der Waals surface area contributed by atoms with Crippen LogP contribution in [0.5, 0.6) is 5.75 Å². The van der Waals surface area contributed by atoms with Gasteiger partial charge in [-0.3, -0.25) is 9.69 Å². The molecule has 2 N–H and O–H groups in total. The standard InChI is InChI=1S/C34H38F3N7O5/c1-21-19-42(28(20-45)24-5-4-6-25(17-24)40-11-13-41(14-12-40)33(47)48)15-16-43(21)32(46)27-18-38-44-30(34(35,36)37)22(2)29(39-31(27)44)23-7-9-26(49-3)10-8-23/h4-10,17-18,21,28,45H,11-16,19-20H2,1-3H3,(H,47,48)/t21-,28+/m1/s1. The number of nitrogens with zero attached hydrogens (tertiary/aromatic N) is 7. The number of halogens is 3. The van der Waals surface area contributed by atoms with Gasteiger partial charge in [0.05, 0.1) is 31.6 Å². The zero-order valence-corrected chi connectivity index (χ0v) is 27.4. The van der Waals surface area contributed by atoms with Crippen LogP contribution in [0, 0.1) is 6.92 Å². The van der Waals surface area contributed by atoms with Crippen molar-refractivity contribution in [3.8, 4) is 17.0 Å². The van der Waals surface area contributed by atoms with Crippen LogP contribution >= 0.6 is 0 Å². The molecule has 2 amide bonds. The Balaban J connectivity index is 1.23. The molecule has 2 aromatic heterocycles. The summed E-state index contributed by atoms with van der Waals surface area (Å²) in [6.45, 7) is 6.06. The number of aromatic nitrogens is 3. The summed E-state index contributed by atoms with van der Waals surface area (Å²) in [5.74, 6) is 0.0643. The van der Waals surface area contributed by atoms with Crippen LogP contribution in [0.4, 0.5) is 23.7 Å². The number of rotatable bonds is 7. The number of piperazine rings is 2. The quantitative estimate of drug-likeness (QED) is 0.292. The van der Waals surface area contributed by atoms with E-state index in [-0.39, 0.29) is 47.7 Å². The number of fused-ring (bicyclic) bond motifs is 1. The minimum atomic E-state index is -4.76. The van der Waals surface area contributed by atoms with Crippen LogP contribution in [-0.2, 0) is 6.18 Å². The van der Waals surface area contributed by atoms with E-state index >= 15 is 0 Å². The van der Waals surface area contributed by atoms with E-state index in [0.29, 0.717) is 55.1 Å². The number of aliphatic hydroxyl groups excluding tert-OH is 1. The number of anilines is 1. The fourth-order valence-electron chi connectivity index (χ4n) is 6.83. The van der Waals surface area contributed by atoms with E-state index in [2.05, 4.69) is 19.9 Å². The maximum Gasteiger partial charge on any atom is 0.433 e. The molecular weight excluding hydrogens is 643 g/mol. The summed E-state index contributed by atoms with van der Waals surface area (Å²) in [4.78, 5) is 37.1. The fourth-order valence-corrected chi connectivity index (χ4v) is 6.83. The van der Waals surface area contributed by atoms with Crippen LogP contribution in [0.1, 0.15) is 40.1 Å². The van der Waals surface area contributed by atoms with Crippen LogP contribution in [0.15, 0.2) is 54.7 Å². The highest BCUT2D eigenvalue weighted by Gasteiger charge is 2.40. The zero-order chi connectivity index (χ0) is 35.0. The van der Waals surface area contributed by atoms with Gasteiger partial charge < -0.3 is 29.6 Å². The minimum absolute atomic E-state index is 0.0324. The van der Waals surface area contributed by atoms with Gasteiger partial charge in [-0.2, -0.15) is 18.3 Å². The molecule has 6 rings (SSSR count). The second kappa shape index (κ2) is 13.6. The zero-order valence-electron chi connectivity index (χ0n) is 27.4. The number of carboxylic acid groups (broad SMARTS) is 1. The molecule has 0 saturated carbocycles. The second-order valence-corrected chi connectivity index (χ2v) is 12.3. The van der Waals surface area contributed by atoms with Crippen LogP contribution in [-0.4, -0.2) is 117 Å². The molecule has 0 unspecified atom stereocenters. The Morgan fingerprint density at radius 2 is 1.76 bits per heavy atom. The maximum absolute atomic E-state index is 14.4. The van der Waals surface area contributed by atoms with E-state index in [1.165, 1.54) is 18.9 Å². The van der Waals surface area contributed by atoms with Crippen LogP contribution in [0.25, 0.3) is 16.9 Å². The normalized spacial score (nSPS) is 18.2. The van der Waals surface area contributed by atoms with E-state index in [9.17, 15) is 33.0 Å². The van der Waals surface area contributed by atoms with Gasteiger partial charge in [0.15, 0.2) is 11.3 Å². The van der Waals surface area contributed by atoms with Gasteiger partial charge in [-0.15, -0.1) is 0 Å². The predicted molar refractivity (Wildman–Crippen MR) is 175 cm³/mol. The Hall–Kier alpha value is -4.89.